The number of aromatic amines is 1. The van der Waals surface area contributed by atoms with Crippen LogP contribution in [0.5, 0.6) is 5.75 Å². The number of carbonyl (C=O) groups excluding carboxylic acids is 1. The number of hydrogen-bond acceptors (Lipinski definition) is 6. The molecule has 0 radical (unpaired) electrons. The number of rotatable bonds is 5. The van der Waals surface area contributed by atoms with E-state index in [4.69, 9.17) is 9.72 Å². The number of nitrogens with zero attached hydrogens (tertiary/aromatic N) is 4. The van der Waals surface area contributed by atoms with Crippen LogP contribution in [0.2, 0.25) is 0 Å². The molecule has 5 rings (SSSR count). The molecule has 174 valence electrons. The van der Waals surface area contributed by atoms with Gasteiger partial charge in [0.2, 0.25) is 5.78 Å². The van der Waals surface area contributed by atoms with Gasteiger partial charge in [0.15, 0.2) is 0 Å². The van der Waals surface area contributed by atoms with Gasteiger partial charge in [-0.3, -0.25) is 14.3 Å². The summed E-state index contributed by atoms with van der Waals surface area (Å²) in [6.45, 7) is 8.86. The molecule has 0 amide bonds. The summed E-state index contributed by atoms with van der Waals surface area (Å²) in [5.74, 6) is -0.0685. The normalized spacial score (nSPS) is 16.9. The minimum atomic E-state index is -0.566. The Labute approximate surface area is 195 Å². The number of hydrogen-bond donors (Lipinski definition) is 2. The van der Waals surface area contributed by atoms with Crippen LogP contribution in [0.1, 0.15) is 39.8 Å². The number of aromatic nitrogens is 5. The monoisotopic (exact) mass is 460 g/mol. The average molecular weight is 461 g/mol. The van der Waals surface area contributed by atoms with Crippen LogP contribution < -0.4 is 10.1 Å². The number of ether oxygens (including phenoxy) is 1. The Balaban J connectivity index is 1.58. The molecule has 0 saturated carbocycles. The second-order valence-corrected chi connectivity index (χ2v) is 9.76. The second kappa shape index (κ2) is 7.88. The van der Waals surface area contributed by atoms with Gasteiger partial charge in [-0.25, -0.2) is 14.4 Å². The summed E-state index contributed by atoms with van der Waals surface area (Å²) in [4.78, 5) is 20.5. The van der Waals surface area contributed by atoms with Crippen LogP contribution in [0.4, 0.5) is 4.39 Å². The molecule has 1 aromatic carbocycles. The summed E-state index contributed by atoms with van der Waals surface area (Å²) in [5.41, 5.74) is 3.30. The molecule has 0 atom stereocenters. The van der Waals surface area contributed by atoms with Gasteiger partial charge < -0.3 is 10.1 Å². The van der Waals surface area contributed by atoms with E-state index in [2.05, 4.69) is 54.3 Å². The topological polar surface area (TPSA) is 97.2 Å². The zero-order valence-corrected chi connectivity index (χ0v) is 19.4. The third kappa shape index (κ3) is 4.10. The average Bonchev–Trinajstić information content (AvgIpc) is 3.41. The highest BCUT2D eigenvalue weighted by molar-refractivity contribution is 5.77. The maximum Gasteiger partial charge on any atom is 0.298 e. The molecule has 2 N–H and O–H groups in total. The fraction of sp³-hybridized carbons (Fsp3) is 0.280. The quantitative estimate of drug-likeness (QED) is 0.429. The van der Waals surface area contributed by atoms with Crippen molar-refractivity contribution in [1.29, 1.82) is 0 Å². The molecule has 1 aliphatic rings. The van der Waals surface area contributed by atoms with Crippen LogP contribution in [0.15, 0.2) is 49.1 Å². The zero-order valence-electron chi connectivity index (χ0n) is 19.4. The summed E-state index contributed by atoms with van der Waals surface area (Å²) in [6.07, 6.45) is 9.72. The molecule has 0 bridgehead atoms. The number of imidazole rings is 1. The third-order valence-electron chi connectivity index (χ3n) is 5.80. The van der Waals surface area contributed by atoms with Crippen LogP contribution in [-0.4, -0.2) is 42.1 Å². The largest absolute Gasteiger partial charge is 0.428 e. The Morgan fingerprint density at radius 2 is 1.94 bits per heavy atom. The molecule has 4 heterocycles. The summed E-state index contributed by atoms with van der Waals surface area (Å²) in [7, 11) is 0. The van der Waals surface area contributed by atoms with E-state index in [1.165, 1.54) is 6.07 Å². The van der Waals surface area contributed by atoms with Crippen molar-refractivity contribution in [2.24, 2.45) is 0 Å². The van der Waals surface area contributed by atoms with Crippen LogP contribution >= 0.6 is 0 Å². The van der Waals surface area contributed by atoms with Gasteiger partial charge in [0.25, 0.3) is 6.47 Å². The molecular weight excluding hydrogens is 435 g/mol. The smallest absolute Gasteiger partial charge is 0.298 e. The lowest BCUT2D eigenvalue weighted by Gasteiger charge is -2.41. The van der Waals surface area contributed by atoms with Crippen molar-refractivity contribution in [2.75, 3.05) is 0 Å². The number of halogens is 1. The Bertz CT molecular complexity index is 1420. The van der Waals surface area contributed by atoms with E-state index >= 15 is 4.39 Å². The summed E-state index contributed by atoms with van der Waals surface area (Å²) in [6, 6.07) is 4.89. The number of fused-ring (bicyclic) bond motifs is 1. The van der Waals surface area contributed by atoms with Gasteiger partial charge in [0.1, 0.15) is 11.6 Å². The second-order valence-electron chi connectivity index (χ2n) is 9.76. The minimum Gasteiger partial charge on any atom is -0.428 e. The fourth-order valence-corrected chi connectivity index (χ4v) is 4.80. The van der Waals surface area contributed by atoms with Crippen LogP contribution in [0.3, 0.4) is 0 Å². The molecule has 4 aromatic rings. The van der Waals surface area contributed by atoms with E-state index in [9.17, 15) is 4.79 Å². The van der Waals surface area contributed by atoms with Crippen LogP contribution in [0.25, 0.3) is 33.7 Å². The number of benzene rings is 1. The molecule has 34 heavy (non-hydrogen) atoms. The third-order valence-corrected chi connectivity index (χ3v) is 5.80. The minimum absolute atomic E-state index is 0.0689. The lowest BCUT2D eigenvalue weighted by atomic mass is 9.82. The predicted molar refractivity (Wildman–Crippen MR) is 127 cm³/mol. The lowest BCUT2D eigenvalue weighted by Crippen LogP contribution is -2.53. The highest BCUT2D eigenvalue weighted by Gasteiger charge is 2.33. The van der Waals surface area contributed by atoms with Crippen molar-refractivity contribution < 1.29 is 13.9 Å². The van der Waals surface area contributed by atoms with Crippen molar-refractivity contribution in [3.8, 4) is 28.1 Å². The Morgan fingerprint density at radius 1 is 1.15 bits per heavy atom. The first kappa shape index (κ1) is 22.0. The summed E-state index contributed by atoms with van der Waals surface area (Å²) < 4.78 is 22.1. The Hall–Kier alpha value is -3.85. The lowest BCUT2D eigenvalue weighted by molar-refractivity contribution is -0.120. The maximum absolute atomic E-state index is 15.3. The van der Waals surface area contributed by atoms with E-state index in [0.29, 0.717) is 22.6 Å². The first-order valence-corrected chi connectivity index (χ1v) is 10.9. The summed E-state index contributed by atoms with van der Waals surface area (Å²) in [5, 5.41) is 10.2. The van der Waals surface area contributed by atoms with Gasteiger partial charge in [0.05, 0.1) is 23.1 Å². The molecule has 0 fully saturated rings. The SMILES string of the molecule is CC1(C)C=C(c2ccn3cc(-c4c(F)cc(-c5cn[nH]c5)cc4OC=O)nc3n2)CC(C)(C)N1. The van der Waals surface area contributed by atoms with Gasteiger partial charge in [0, 0.05) is 35.2 Å². The number of carbonyl (C=O) groups is 1. The molecule has 9 heteroatoms. The first-order valence-electron chi connectivity index (χ1n) is 10.9. The summed E-state index contributed by atoms with van der Waals surface area (Å²) >= 11 is 0. The predicted octanol–water partition coefficient (Wildman–Crippen LogP) is 4.39. The van der Waals surface area contributed by atoms with Gasteiger partial charge in [-0.15, -0.1) is 0 Å². The first-order chi connectivity index (χ1) is 16.1. The maximum atomic E-state index is 15.3. The molecule has 0 unspecified atom stereocenters. The van der Waals surface area contributed by atoms with Crippen molar-refractivity contribution in [2.45, 2.75) is 45.2 Å². The highest BCUT2D eigenvalue weighted by Crippen LogP contribution is 2.37. The van der Waals surface area contributed by atoms with Crippen LogP contribution in [0, 0.1) is 5.82 Å². The van der Waals surface area contributed by atoms with Crippen molar-refractivity contribution in [3.05, 3.63) is 60.6 Å². The zero-order chi connectivity index (χ0) is 24.1. The van der Waals surface area contributed by atoms with E-state index in [1.807, 2.05) is 12.3 Å². The molecule has 0 saturated heterocycles. The standard InChI is InChI=1S/C25H25FN6O2/c1-24(2)9-16(10-25(3,4)31-24)19-5-6-32-13-20(30-23(32)29-19)22-18(26)7-15(8-21(22)34-14-33)17-11-27-28-12-17/h5-9,11-14,31H,10H2,1-4H3,(H,27,28). The molecular formula is C25H25FN6O2. The van der Waals surface area contributed by atoms with E-state index in [-0.39, 0.29) is 28.9 Å². The van der Waals surface area contributed by atoms with E-state index in [0.717, 1.165) is 17.7 Å². The van der Waals surface area contributed by atoms with Crippen molar-refractivity contribution in [3.63, 3.8) is 0 Å². The molecule has 3 aromatic heterocycles. The number of H-pyrrole nitrogens is 1. The van der Waals surface area contributed by atoms with Gasteiger partial charge in [-0.05, 0) is 63.5 Å². The molecule has 1 aliphatic heterocycles. The molecule has 8 nitrogen and oxygen atoms in total. The Morgan fingerprint density at radius 3 is 2.65 bits per heavy atom. The van der Waals surface area contributed by atoms with Gasteiger partial charge >= 0.3 is 0 Å². The Kier molecular flexibility index (Phi) is 5.09. The van der Waals surface area contributed by atoms with E-state index in [1.54, 1.807) is 29.1 Å². The highest BCUT2D eigenvalue weighted by atomic mass is 19.1. The van der Waals surface area contributed by atoms with Crippen LogP contribution in [-0.2, 0) is 4.79 Å². The fourth-order valence-electron chi connectivity index (χ4n) is 4.80. The molecule has 0 spiro atoms. The molecule has 0 aliphatic carbocycles. The van der Waals surface area contributed by atoms with E-state index < -0.39 is 5.82 Å². The number of nitrogens with one attached hydrogen (secondary N) is 2. The van der Waals surface area contributed by atoms with Gasteiger partial charge in [-0.2, -0.15) is 5.10 Å². The van der Waals surface area contributed by atoms with Gasteiger partial charge in [-0.1, -0.05) is 6.08 Å². The van der Waals surface area contributed by atoms with Crippen molar-refractivity contribution >= 4 is 17.8 Å². The van der Waals surface area contributed by atoms with Crippen molar-refractivity contribution in [1.82, 2.24) is 29.9 Å².